The zero-order valence-electron chi connectivity index (χ0n) is 14.9. The summed E-state index contributed by atoms with van der Waals surface area (Å²) in [6.45, 7) is 1.43. The van der Waals surface area contributed by atoms with Crippen molar-refractivity contribution in [2.24, 2.45) is 0 Å². The number of carbonyl (C=O) groups is 3. The summed E-state index contributed by atoms with van der Waals surface area (Å²) in [6, 6.07) is 6.64. The summed E-state index contributed by atoms with van der Waals surface area (Å²) in [5.74, 6) is -0.763. The van der Waals surface area contributed by atoms with Crippen LogP contribution in [0.15, 0.2) is 30.3 Å². The predicted molar refractivity (Wildman–Crippen MR) is 101 cm³/mol. The Hall–Kier alpha value is -2.06. The standard InChI is InChI=1S/C18H25N3O4S/c1-11(22)15-18(25)19-13(8-9-26-2)16(23)20-14(17(24)21-15)10-12-6-4-3-5-7-12/h3-7,11,13-15,22H,8-10H2,1-2H3,(H,19,25)(H,20,23)(H,21,24)/t11-,13+,14+,15+/m1/s1. The number of hydrogen-bond acceptors (Lipinski definition) is 5. The van der Waals surface area contributed by atoms with E-state index in [9.17, 15) is 19.5 Å². The van der Waals surface area contributed by atoms with E-state index in [0.717, 1.165) is 5.56 Å². The number of nitrogens with one attached hydrogen (secondary N) is 3. The number of amides is 3. The lowest BCUT2D eigenvalue weighted by Gasteiger charge is -2.22. The van der Waals surface area contributed by atoms with E-state index in [1.54, 1.807) is 11.8 Å². The first kappa shape index (κ1) is 20.3. The summed E-state index contributed by atoms with van der Waals surface area (Å²) in [5, 5.41) is 17.8. The van der Waals surface area contributed by atoms with Gasteiger partial charge in [-0.25, -0.2) is 0 Å². The number of carbonyl (C=O) groups excluding carboxylic acids is 3. The Morgan fingerprint density at radius 2 is 1.62 bits per heavy atom. The molecule has 0 spiro atoms. The van der Waals surface area contributed by atoms with Crippen molar-refractivity contribution < 1.29 is 19.5 Å². The van der Waals surface area contributed by atoms with Gasteiger partial charge in [-0.1, -0.05) is 30.3 Å². The summed E-state index contributed by atoms with van der Waals surface area (Å²) < 4.78 is 0. The van der Waals surface area contributed by atoms with Crippen LogP contribution >= 0.6 is 11.8 Å². The minimum atomic E-state index is -1.11. The van der Waals surface area contributed by atoms with Gasteiger partial charge in [-0.3, -0.25) is 14.4 Å². The molecule has 8 heteroatoms. The highest BCUT2D eigenvalue weighted by atomic mass is 32.2. The van der Waals surface area contributed by atoms with Crippen LogP contribution in [0.1, 0.15) is 18.9 Å². The first-order chi connectivity index (χ1) is 12.4. The fourth-order valence-corrected chi connectivity index (χ4v) is 3.23. The number of aliphatic hydroxyl groups excluding tert-OH is 1. The van der Waals surface area contributed by atoms with Crippen LogP contribution in [0.2, 0.25) is 0 Å². The van der Waals surface area contributed by atoms with Gasteiger partial charge < -0.3 is 21.1 Å². The molecule has 4 atom stereocenters. The third kappa shape index (κ3) is 5.47. The summed E-state index contributed by atoms with van der Waals surface area (Å²) in [6.07, 6.45) is 1.58. The zero-order valence-corrected chi connectivity index (χ0v) is 15.7. The van der Waals surface area contributed by atoms with Crippen molar-refractivity contribution in [3.8, 4) is 0 Å². The van der Waals surface area contributed by atoms with Gasteiger partial charge >= 0.3 is 0 Å². The van der Waals surface area contributed by atoms with E-state index in [0.29, 0.717) is 18.6 Å². The Morgan fingerprint density at radius 1 is 1.00 bits per heavy atom. The minimum absolute atomic E-state index is 0.300. The molecule has 1 aliphatic heterocycles. The second kappa shape index (κ2) is 9.59. The van der Waals surface area contributed by atoms with E-state index in [4.69, 9.17) is 0 Å². The van der Waals surface area contributed by atoms with Gasteiger partial charge in [-0.15, -0.1) is 0 Å². The van der Waals surface area contributed by atoms with Gasteiger partial charge in [0.1, 0.15) is 18.1 Å². The molecule has 1 aliphatic rings. The molecule has 1 saturated heterocycles. The molecule has 0 aliphatic carbocycles. The summed E-state index contributed by atoms with van der Waals surface area (Å²) in [4.78, 5) is 37.7. The molecule has 1 fully saturated rings. The lowest BCUT2D eigenvalue weighted by molar-refractivity contribution is -0.132. The Morgan fingerprint density at radius 3 is 2.23 bits per heavy atom. The number of aliphatic hydroxyl groups is 1. The molecule has 0 unspecified atom stereocenters. The molecule has 1 aromatic rings. The van der Waals surface area contributed by atoms with Crippen molar-refractivity contribution in [2.45, 2.75) is 44.0 Å². The molecular formula is C18H25N3O4S. The lowest BCUT2D eigenvalue weighted by Crippen LogP contribution is -2.55. The zero-order chi connectivity index (χ0) is 19.1. The number of thioether (sulfide) groups is 1. The average Bonchev–Trinajstić information content (AvgIpc) is 2.65. The fourth-order valence-electron chi connectivity index (χ4n) is 2.76. The number of benzene rings is 1. The maximum Gasteiger partial charge on any atom is 0.245 e. The van der Waals surface area contributed by atoms with Crippen LogP contribution in [0.5, 0.6) is 0 Å². The van der Waals surface area contributed by atoms with Crippen LogP contribution in [-0.2, 0) is 20.8 Å². The van der Waals surface area contributed by atoms with Gasteiger partial charge in [0.05, 0.1) is 6.10 Å². The van der Waals surface area contributed by atoms with Crippen molar-refractivity contribution in [2.75, 3.05) is 12.0 Å². The highest BCUT2D eigenvalue weighted by molar-refractivity contribution is 7.98. The highest BCUT2D eigenvalue weighted by Gasteiger charge is 2.35. The van der Waals surface area contributed by atoms with Crippen LogP contribution in [0.4, 0.5) is 0 Å². The van der Waals surface area contributed by atoms with Gasteiger partial charge in [0, 0.05) is 6.42 Å². The monoisotopic (exact) mass is 379 g/mol. The molecule has 3 amide bonds. The molecule has 0 radical (unpaired) electrons. The van der Waals surface area contributed by atoms with Gasteiger partial charge in [0.2, 0.25) is 17.7 Å². The molecular weight excluding hydrogens is 354 g/mol. The summed E-state index contributed by atoms with van der Waals surface area (Å²) in [5.41, 5.74) is 0.890. The Labute approximate surface area is 157 Å². The van der Waals surface area contributed by atoms with E-state index < -0.39 is 42.0 Å². The van der Waals surface area contributed by atoms with E-state index in [1.807, 2.05) is 36.6 Å². The van der Waals surface area contributed by atoms with Crippen molar-refractivity contribution in [1.29, 1.82) is 0 Å². The van der Waals surface area contributed by atoms with Crippen molar-refractivity contribution in [3.05, 3.63) is 35.9 Å². The first-order valence-electron chi connectivity index (χ1n) is 8.54. The molecule has 0 saturated carbocycles. The van der Waals surface area contributed by atoms with Crippen LogP contribution in [-0.4, -0.2) is 59.1 Å². The van der Waals surface area contributed by atoms with Crippen LogP contribution in [0.25, 0.3) is 0 Å². The molecule has 7 nitrogen and oxygen atoms in total. The Balaban J connectivity index is 2.26. The molecule has 0 aromatic heterocycles. The van der Waals surface area contributed by atoms with Gasteiger partial charge in [-0.05, 0) is 30.9 Å². The van der Waals surface area contributed by atoms with Crippen LogP contribution < -0.4 is 16.0 Å². The molecule has 1 aromatic carbocycles. The smallest absolute Gasteiger partial charge is 0.245 e. The normalized spacial score (nSPS) is 25.2. The number of rotatable bonds is 6. The maximum absolute atomic E-state index is 12.6. The van der Waals surface area contributed by atoms with Gasteiger partial charge in [0.25, 0.3) is 0 Å². The topological polar surface area (TPSA) is 108 Å². The van der Waals surface area contributed by atoms with Crippen molar-refractivity contribution in [1.82, 2.24) is 16.0 Å². The van der Waals surface area contributed by atoms with Crippen molar-refractivity contribution >= 4 is 29.5 Å². The largest absolute Gasteiger partial charge is 0.391 e. The van der Waals surface area contributed by atoms with Crippen LogP contribution in [0.3, 0.4) is 0 Å². The lowest BCUT2D eigenvalue weighted by atomic mass is 10.0. The molecule has 26 heavy (non-hydrogen) atoms. The first-order valence-corrected chi connectivity index (χ1v) is 9.93. The van der Waals surface area contributed by atoms with Gasteiger partial charge in [0.15, 0.2) is 0 Å². The van der Waals surface area contributed by atoms with Crippen molar-refractivity contribution in [3.63, 3.8) is 0 Å². The Bertz CT molecular complexity index is 639. The summed E-state index contributed by atoms with van der Waals surface area (Å²) in [7, 11) is 0. The quantitative estimate of drug-likeness (QED) is 0.549. The van der Waals surface area contributed by atoms with E-state index in [1.165, 1.54) is 6.92 Å². The van der Waals surface area contributed by atoms with E-state index >= 15 is 0 Å². The number of hydrogen-bond donors (Lipinski definition) is 4. The predicted octanol–water partition coefficient (Wildman–Crippen LogP) is -0.169. The Kier molecular flexibility index (Phi) is 7.47. The minimum Gasteiger partial charge on any atom is -0.391 e. The molecule has 0 bridgehead atoms. The highest BCUT2D eigenvalue weighted by Crippen LogP contribution is 2.09. The second-order valence-corrected chi connectivity index (χ2v) is 7.31. The van der Waals surface area contributed by atoms with Gasteiger partial charge in [-0.2, -0.15) is 11.8 Å². The summed E-state index contributed by atoms with van der Waals surface area (Å²) >= 11 is 1.56. The fraction of sp³-hybridized carbons (Fsp3) is 0.500. The third-order valence-electron chi connectivity index (χ3n) is 4.22. The SMILES string of the molecule is CSCC[C@@H]1NC(=O)[C@H]([C@@H](C)O)NC(=O)[C@H](Cc2ccccc2)NC1=O. The van der Waals surface area contributed by atoms with Crippen LogP contribution in [0, 0.1) is 0 Å². The second-order valence-electron chi connectivity index (χ2n) is 6.32. The molecule has 4 N–H and O–H groups in total. The van der Waals surface area contributed by atoms with E-state index in [2.05, 4.69) is 16.0 Å². The van der Waals surface area contributed by atoms with E-state index in [-0.39, 0.29) is 0 Å². The molecule has 2 rings (SSSR count). The molecule has 142 valence electrons. The third-order valence-corrected chi connectivity index (χ3v) is 4.87. The maximum atomic E-state index is 12.6. The average molecular weight is 379 g/mol. The molecule has 1 heterocycles.